The van der Waals surface area contributed by atoms with Gasteiger partial charge in [0, 0.05) is 23.9 Å². The van der Waals surface area contributed by atoms with Crippen LogP contribution in [0.1, 0.15) is 10.4 Å². The van der Waals surface area contributed by atoms with E-state index in [9.17, 15) is 24.5 Å². The normalized spacial score (nSPS) is 16.6. The lowest BCUT2D eigenvalue weighted by atomic mass is 10.1. The van der Waals surface area contributed by atoms with Crippen molar-refractivity contribution in [1.82, 2.24) is 10.7 Å². The molecule has 2 aromatic rings. The van der Waals surface area contributed by atoms with Crippen LogP contribution in [-0.4, -0.2) is 34.0 Å². The number of nitrogens with one attached hydrogen (secondary N) is 2. The van der Waals surface area contributed by atoms with E-state index in [2.05, 4.69) is 15.8 Å². The molecule has 1 atom stereocenters. The molecule has 1 heterocycles. The van der Waals surface area contributed by atoms with Gasteiger partial charge < -0.3 is 5.32 Å². The van der Waals surface area contributed by atoms with Gasteiger partial charge in [-0.1, -0.05) is 24.3 Å². The predicted octanol–water partition coefficient (Wildman–Crippen LogP) is 1.37. The first kappa shape index (κ1) is 19.8. The third-order valence-electron chi connectivity index (χ3n) is 3.93. The molecule has 11 heteroatoms. The van der Waals surface area contributed by atoms with Crippen molar-refractivity contribution < 1.29 is 19.3 Å². The number of rotatable bonds is 5. The van der Waals surface area contributed by atoms with E-state index in [0.717, 1.165) is 17.2 Å². The van der Waals surface area contributed by atoms with Gasteiger partial charge in [0.1, 0.15) is 0 Å². The molecule has 1 aliphatic rings. The van der Waals surface area contributed by atoms with Gasteiger partial charge in [-0.2, -0.15) is 5.10 Å². The van der Waals surface area contributed by atoms with Gasteiger partial charge in [0.2, 0.25) is 5.91 Å². The van der Waals surface area contributed by atoms with Crippen molar-refractivity contribution >= 4 is 52.6 Å². The second kappa shape index (κ2) is 8.35. The van der Waals surface area contributed by atoms with E-state index >= 15 is 0 Å². The predicted molar refractivity (Wildman–Crippen MR) is 107 cm³/mol. The van der Waals surface area contributed by atoms with Crippen molar-refractivity contribution in [2.24, 2.45) is 11.0 Å². The summed E-state index contributed by atoms with van der Waals surface area (Å²) in [4.78, 5) is 48.3. The van der Waals surface area contributed by atoms with E-state index in [0.29, 0.717) is 5.69 Å². The number of hydrogen-bond acceptors (Lipinski definition) is 7. The van der Waals surface area contributed by atoms with Crippen molar-refractivity contribution in [3.05, 3.63) is 70.3 Å². The summed E-state index contributed by atoms with van der Waals surface area (Å²) in [6.07, 6.45) is 0.977. The lowest BCUT2D eigenvalue weighted by molar-refractivity contribution is -0.384. The van der Waals surface area contributed by atoms with Crippen LogP contribution in [0.5, 0.6) is 0 Å². The molecule has 3 rings (SSSR count). The Labute approximate surface area is 169 Å². The Hall–Kier alpha value is -3.99. The van der Waals surface area contributed by atoms with Crippen molar-refractivity contribution in [3.8, 4) is 0 Å². The Morgan fingerprint density at radius 1 is 1.21 bits per heavy atom. The number of thiocarbonyl (C=S) groups is 1. The first-order valence-electron chi connectivity index (χ1n) is 8.20. The van der Waals surface area contributed by atoms with Gasteiger partial charge >= 0.3 is 0 Å². The molecule has 0 aliphatic carbocycles. The number of nitrogens with zero attached hydrogens (tertiary/aromatic N) is 3. The number of non-ortho nitro benzene ring substituents is 1. The number of hydrogen-bond donors (Lipinski definition) is 2. The quantitative estimate of drug-likeness (QED) is 0.251. The van der Waals surface area contributed by atoms with Gasteiger partial charge in [0.25, 0.3) is 17.5 Å². The van der Waals surface area contributed by atoms with Crippen LogP contribution >= 0.6 is 12.2 Å². The van der Waals surface area contributed by atoms with Crippen LogP contribution in [0, 0.1) is 16.0 Å². The number of benzene rings is 2. The van der Waals surface area contributed by atoms with Gasteiger partial charge in [-0.25, -0.2) is 5.43 Å². The molecular formula is C18H13N5O5S. The Balaban J connectivity index is 1.74. The summed E-state index contributed by atoms with van der Waals surface area (Å²) in [5.41, 5.74) is 2.37. The number of anilines is 1. The summed E-state index contributed by atoms with van der Waals surface area (Å²) in [7, 11) is 0. The molecule has 0 unspecified atom stereocenters. The van der Waals surface area contributed by atoms with Crippen LogP contribution in [0.4, 0.5) is 11.4 Å². The molecule has 2 aromatic carbocycles. The molecule has 1 saturated heterocycles. The van der Waals surface area contributed by atoms with Gasteiger partial charge in [-0.15, -0.1) is 0 Å². The van der Waals surface area contributed by atoms with Crippen LogP contribution in [0.2, 0.25) is 0 Å². The fourth-order valence-electron chi connectivity index (χ4n) is 2.54. The molecule has 0 radical (unpaired) electrons. The molecule has 3 amide bonds. The Bertz CT molecular complexity index is 1040. The maximum absolute atomic E-state index is 12.7. The number of hydrazone groups is 1. The van der Waals surface area contributed by atoms with Crippen LogP contribution in [0.25, 0.3) is 0 Å². The zero-order chi connectivity index (χ0) is 21.0. The number of carbonyl (C=O) groups is 3. The topological polar surface area (TPSA) is 134 Å². The molecule has 1 aliphatic heterocycles. The highest BCUT2D eigenvalue weighted by Crippen LogP contribution is 2.19. The third kappa shape index (κ3) is 4.30. The lowest BCUT2D eigenvalue weighted by Crippen LogP contribution is -2.58. The summed E-state index contributed by atoms with van der Waals surface area (Å²) >= 11 is 5.07. The summed E-state index contributed by atoms with van der Waals surface area (Å²) in [6, 6.07) is 13.5. The van der Waals surface area contributed by atoms with Gasteiger partial charge in [-0.3, -0.25) is 29.4 Å². The van der Waals surface area contributed by atoms with Gasteiger partial charge in [0.15, 0.2) is 11.0 Å². The minimum absolute atomic E-state index is 0.00265. The van der Waals surface area contributed by atoms with Crippen molar-refractivity contribution in [3.63, 3.8) is 0 Å². The van der Waals surface area contributed by atoms with Crippen molar-refractivity contribution in [2.45, 2.75) is 0 Å². The smallest absolute Gasteiger partial charge is 0.271 e. The lowest BCUT2D eigenvalue weighted by Gasteiger charge is -2.30. The Morgan fingerprint density at radius 3 is 2.62 bits per heavy atom. The average molecular weight is 411 g/mol. The Kier molecular flexibility index (Phi) is 5.69. The van der Waals surface area contributed by atoms with Crippen molar-refractivity contribution in [2.75, 3.05) is 4.90 Å². The number of nitro benzene ring substituents is 1. The van der Waals surface area contributed by atoms with Crippen LogP contribution in [0.15, 0.2) is 59.7 Å². The number of para-hydroxylation sites is 1. The van der Waals surface area contributed by atoms with Crippen LogP contribution in [0.3, 0.4) is 0 Å². The highest BCUT2D eigenvalue weighted by atomic mass is 32.1. The zero-order valence-electron chi connectivity index (χ0n) is 14.6. The van der Waals surface area contributed by atoms with E-state index in [-0.39, 0.29) is 16.4 Å². The van der Waals surface area contributed by atoms with E-state index < -0.39 is 28.6 Å². The fourth-order valence-corrected chi connectivity index (χ4v) is 2.84. The largest absolute Gasteiger partial charge is 0.301 e. The summed E-state index contributed by atoms with van der Waals surface area (Å²) in [5.74, 6) is -3.35. The van der Waals surface area contributed by atoms with E-state index in [1.807, 2.05) is 0 Å². The number of carbonyl (C=O) groups excluding carboxylic acids is 3. The summed E-state index contributed by atoms with van der Waals surface area (Å²) in [6.45, 7) is 0. The first-order valence-corrected chi connectivity index (χ1v) is 8.61. The molecule has 2 N–H and O–H groups in total. The summed E-state index contributed by atoms with van der Waals surface area (Å²) in [5, 5.41) is 16.8. The molecule has 0 spiro atoms. The summed E-state index contributed by atoms with van der Waals surface area (Å²) < 4.78 is 0. The van der Waals surface area contributed by atoms with Crippen LogP contribution in [-0.2, 0) is 9.59 Å². The first-order chi connectivity index (χ1) is 13.9. The SMILES string of the molecule is O=C(N/N=C\[C@@H]1C(=O)NC(=S)N(c2ccccc2)C1=O)c1cccc([N+](=O)[O-])c1. The second-order valence-electron chi connectivity index (χ2n) is 5.81. The van der Waals surface area contributed by atoms with Crippen LogP contribution < -0.4 is 15.6 Å². The van der Waals surface area contributed by atoms with E-state index in [1.54, 1.807) is 30.3 Å². The second-order valence-corrected chi connectivity index (χ2v) is 6.19. The number of nitro groups is 1. The molecule has 0 aromatic heterocycles. The number of amides is 3. The molecule has 1 fully saturated rings. The molecule has 0 saturated carbocycles. The molecule has 29 heavy (non-hydrogen) atoms. The standard InChI is InChI=1S/C18H13N5O5S/c24-15(11-5-4-8-13(9-11)23(27)28)21-19-10-14-16(25)20-18(29)22(17(14)26)12-6-2-1-3-7-12/h1-10,14H,(H,21,24)(H,20,25,29)/b19-10-/t14-/m1/s1. The maximum atomic E-state index is 12.7. The maximum Gasteiger partial charge on any atom is 0.271 e. The molecular weight excluding hydrogens is 398 g/mol. The highest BCUT2D eigenvalue weighted by molar-refractivity contribution is 7.80. The fraction of sp³-hybridized carbons (Fsp3) is 0.0556. The zero-order valence-corrected chi connectivity index (χ0v) is 15.5. The molecule has 146 valence electrons. The molecule has 10 nitrogen and oxygen atoms in total. The van der Waals surface area contributed by atoms with Gasteiger partial charge in [0.05, 0.1) is 10.6 Å². The minimum Gasteiger partial charge on any atom is -0.301 e. The highest BCUT2D eigenvalue weighted by Gasteiger charge is 2.38. The Morgan fingerprint density at radius 2 is 1.93 bits per heavy atom. The minimum atomic E-state index is -1.31. The monoisotopic (exact) mass is 411 g/mol. The molecule has 0 bridgehead atoms. The van der Waals surface area contributed by atoms with Gasteiger partial charge in [-0.05, 0) is 30.4 Å². The van der Waals surface area contributed by atoms with E-state index in [1.165, 1.54) is 18.2 Å². The third-order valence-corrected chi connectivity index (χ3v) is 4.21. The van der Waals surface area contributed by atoms with Crippen molar-refractivity contribution in [1.29, 1.82) is 0 Å². The average Bonchev–Trinajstić information content (AvgIpc) is 2.71. The van der Waals surface area contributed by atoms with E-state index in [4.69, 9.17) is 12.2 Å².